The molecule has 0 spiro atoms. The molecule has 0 radical (unpaired) electrons. The molecule has 3 unspecified atom stereocenters. The summed E-state index contributed by atoms with van der Waals surface area (Å²) in [6.45, 7) is 5.51. The Bertz CT molecular complexity index is 425. The normalized spacial score (nSPS) is 30.4. The number of ether oxygens (including phenoxy) is 1. The zero-order chi connectivity index (χ0) is 14.4. The zero-order valence-electron chi connectivity index (χ0n) is 11.4. The van der Waals surface area contributed by atoms with Crippen LogP contribution in [0, 0.1) is 11.8 Å². The van der Waals surface area contributed by atoms with Gasteiger partial charge in [-0.1, -0.05) is 0 Å². The molecule has 0 bridgehead atoms. The second-order valence-electron chi connectivity index (χ2n) is 6.29. The van der Waals surface area contributed by atoms with Gasteiger partial charge in [0, 0.05) is 25.3 Å². The van der Waals surface area contributed by atoms with E-state index < -0.39 is 23.7 Å². The number of hydrogen-bond acceptors (Lipinski definition) is 4. The van der Waals surface area contributed by atoms with Gasteiger partial charge >= 0.3 is 12.1 Å². The monoisotopic (exact) mass is 269 g/mol. The van der Waals surface area contributed by atoms with Gasteiger partial charge in [0.1, 0.15) is 17.4 Å². The Hall–Kier alpha value is -1.59. The lowest BCUT2D eigenvalue weighted by atomic mass is 9.94. The topological polar surface area (TPSA) is 83.9 Å². The van der Waals surface area contributed by atoms with Crippen LogP contribution in [0.1, 0.15) is 33.6 Å². The standard InChI is InChI=1S/C13H19NO5/c1-13(2,3)19-12(18)14-6-7-4-8(15)5-9(7)10(14)11(16)17/h7,9-10H,4-6H2,1-3H3,(H,16,17). The first-order chi connectivity index (χ1) is 8.69. The number of nitrogens with zero attached hydrogens (tertiary/aromatic N) is 1. The van der Waals surface area contributed by atoms with Crippen LogP contribution in [0.5, 0.6) is 0 Å². The summed E-state index contributed by atoms with van der Waals surface area (Å²) in [6.07, 6.45) is 0.0102. The predicted octanol–water partition coefficient (Wildman–Crippen LogP) is 1.29. The van der Waals surface area contributed by atoms with E-state index in [2.05, 4.69) is 0 Å². The number of ketones is 1. The SMILES string of the molecule is CC(C)(C)OC(=O)N1CC2CC(=O)CC2C1C(=O)O. The van der Waals surface area contributed by atoms with Crippen LogP contribution < -0.4 is 0 Å². The molecule has 2 aliphatic rings. The van der Waals surface area contributed by atoms with E-state index in [0.717, 1.165) is 0 Å². The minimum absolute atomic E-state index is 0.0406. The van der Waals surface area contributed by atoms with Gasteiger partial charge in [0.25, 0.3) is 0 Å². The minimum atomic E-state index is -1.06. The van der Waals surface area contributed by atoms with Gasteiger partial charge in [0.05, 0.1) is 0 Å². The fraction of sp³-hybridized carbons (Fsp3) is 0.769. The Balaban J connectivity index is 2.16. The molecule has 2 fully saturated rings. The fourth-order valence-corrected chi connectivity index (χ4v) is 2.95. The van der Waals surface area contributed by atoms with Crippen molar-refractivity contribution in [2.45, 2.75) is 45.3 Å². The van der Waals surface area contributed by atoms with Crippen LogP contribution in [-0.2, 0) is 14.3 Å². The van der Waals surface area contributed by atoms with E-state index >= 15 is 0 Å². The first-order valence-electron chi connectivity index (χ1n) is 6.43. The van der Waals surface area contributed by atoms with Crippen molar-refractivity contribution in [3.63, 3.8) is 0 Å². The van der Waals surface area contributed by atoms with E-state index in [1.54, 1.807) is 20.8 Å². The summed E-state index contributed by atoms with van der Waals surface area (Å²) in [6, 6.07) is -0.939. The Morgan fingerprint density at radius 3 is 2.47 bits per heavy atom. The van der Waals surface area contributed by atoms with Gasteiger partial charge in [-0.05, 0) is 26.7 Å². The third-order valence-corrected chi connectivity index (χ3v) is 3.61. The van der Waals surface area contributed by atoms with Crippen LogP contribution >= 0.6 is 0 Å². The van der Waals surface area contributed by atoms with Crippen molar-refractivity contribution in [3.8, 4) is 0 Å². The number of aliphatic carboxylic acids is 1. The van der Waals surface area contributed by atoms with Crippen LogP contribution in [0.3, 0.4) is 0 Å². The fourth-order valence-electron chi connectivity index (χ4n) is 2.95. The molecule has 6 heteroatoms. The number of carboxylic acids is 1. The summed E-state index contributed by atoms with van der Waals surface area (Å²) in [4.78, 5) is 36.1. The van der Waals surface area contributed by atoms with Crippen LogP contribution in [0.25, 0.3) is 0 Å². The largest absolute Gasteiger partial charge is 0.480 e. The van der Waals surface area contributed by atoms with Gasteiger partial charge in [0.2, 0.25) is 0 Å². The highest BCUT2D eigenvalue weighted by molar-refractivity contribution is 5.87. The van der Waals surface area contributed by atoms with Gasteiger partial charge in [-0.3, -0.25) is 9.69 Å². The molecule has 0 aromatic heterocycles. The molecule has 1 saturated heterocycles. The highest BCUT2D eigenvalue weighted by atomic mass is 16.6. The third kappa shape index (κ3) is 2.72. The molecular formula is C13H19NO5. The average Bonchev–Trinajstić information content (AvgIpc) is 2.69. The quantitative estimate of drug-likeness (QED) is 0.775. The van der Waals surface area contributed by atoms with Gasteiger partial charge < -0.3 is 9.84 Å². The minimum Gasteiger partial charge on any atom is -0.480 e. The van der Waals surface area contributed by atoms with Crippen LogP contribution in [0.2, 0.25) is 0 Å². The molecule has 0 aromatic carbocycles. The van der Waals surface area contributed by atoms with Gasteiger partial charge in [-0.25, -0.2) is 9.59 Å². The van der Waals surface area contributed by atoms with Crippen LogP contribution in [0.4, 0.5) is 4.79 Å². The summed E-state index contributed by atoms with van der Waals surface area (Å²) in [5, 5.41) is 9.30. The molecule has 1 N–H and O–H groups in total. The summed E-state index contributed by atoms with van der Waals surface area (Å²) in [5.74, 6) is -1.28. The molecular weight excluding hydrogens is 250 g/mol. The highest BCUT2D eigenvalue weighted by Gasteiger charge is 2.52. The maximum atomic E-state index is 12.0. The Labute approximate surface area is 111 Å². The summed E-state index contributed by atoms with van der Waals surface area (Å²) < 4.78 is 5.23. The molecule has 1 amide bonds. The van der Waals surface area contributed by atoms with E-state index in [1.807, 2.05) is 0 Å². The average molecular weight is 269 g/mol. The van der Waals surface area contributed by atoms with Gasteiger partial charge in [0.15, 0.2) is 0 Å². The molecule has 1 heterocycles. The maximum Gasteiger partial charge on any atom is 0.411 e. The van der Waals surface area contributed by atoms with Crippen molar-refractivity contribution in [2.24, 2.45) is 11.8 Å². The lowest BCUT2D eigenvalue weighted by molar-refractivity contribution is -0.143. The van der Waals surface area contributed by atoms with E-state index in [4.69, 9.17) is 4.74 Å². The van der Waals surface area contributed by atoms with Gasteiger partial charge in [-0.15, -0.1) is 0 Å². The number of rotatable bonds is 1. The second kappa shape index (κ2) is 4.51. The second-order valence-corrected chi connectivity index (χ2v) is 6.29. The number of carboxylic acid groups (broad SMARTS) is 1. The van der Waals surface area contributed by atoms with Crippen molar-refractivity contribution < 1.29 is 24.2 Å². The van der Waals surface area contributed by atoms with Crippen LogP contribution in [0.15, 0.2) is 0 Å². The van der Waals surface area contributed by atoms with E-state index in [-0.39, 0.29) is 24.0 Å². The Kier molecular flexibility index (Phi) is 3.28. The molecule has 1 aliphatic carbocycles. The lowest BCUT2D eigenvalue weighted by Gasteiger charge is -2.28. The number of Topliss-reactive ketones (excluding diaryl/α,β-unsaturated/α-hetero) is 1. The Morgan fingerprint density at radius 2 is 1.95 bits per heavy atom. The molecule has 1 saturated carbocycles. The number of carbonyl (C=O) groups is 3. The Morgan fingerprint density at radius 1 is 1.32 bits per heavy atom. The number of likely N-dealkylation sites (tertiary alicyclic amines) is 1. The summed E-state index contributed by atoms with van der Waals surface area (Å²) in [7, 11) is 0. The zero-order valence-corrected chi connectivity index (χ0v) is 11.4. The van der Waals surface area contributed by atoms with E-state index in [1.165, 1.54) is 4.90 Å². The number of fused-ring (bicyclic) bond motifs is 1. The number of carbonyl (C=O) groups excluding carboxylic acids is 2. The molecule has 6 nitrogen and oxygen atoms in total. The molecule has 106 valence electrons. The van der Waals surface area contributed by atoms with Gasteiger partial charge in [-0.2, -0.15) is 0 Å². The predicted molar refractivity (Wildman–Crippen MR) is 65.6 cm³/mol. The maximum absolute atomic E-state index is 12.0. The molecule has 3 atom stereocenters. The van der Waals surface area contributed by atoms with Crippen molar-refractivity contribution in [2.75, 3.05) is 6.54 Å². The number of hydrogen-bond donors (Lipinski definition) is 1. The third-order valence-electron chi connectivity index (χ3n) is 3.61. The summed E-state index contributed by atoms with van der Waals surface area (Å²) in [5.41, 5.74) is -0.659. The lowest BCUT2D eigenvalue weighted by Crippen LogP contribution is -2.45. The van der Waals surface area contributed by atoms with Crippen LogP contribution in [-0.4, -0.2) is 46.0 Å². The molecule has 19 heavy (non-hydrogen) atoms. The first-order valence-corrected chi connectivity index (χ1v) is 6.43. The summed E-state index contributed by atoms with van der Waals surface area (Å²) >= 11 is 0. The molecule has 0 aromatic rings. The molecule has 1 aliphatic heterocycles. The molecule has 2 rings (SSSR count). The van der Waals surface area contributed by atoms with Crippen molar-refractivity contribution in [1.82, 2.24) is 4.90 Å². The van der Waals surface area contributed by atoms with Crippen molar-refractivity contribution in [3.05, 3.63) is 0 Å². The van der Waals surface area contributed by atoms with Crippen molar-refractivity contribution >= 4 is 17.8 Å². The first kappa shape index (κ1) is 13.8. The van der Waals surface area contributed by atoms with E-state index in [0.29, 0.717) is 13.0 Å². The highest BCUT2D eigenvalue weighted by Crippen LogP contribution is 2.41. The number of amides is 1. The van der Waals surface area contributed by atoms with E-state index in [9.17, 15) is 19.5 Å². The van der Waals surface area contributed by atoms with Crippen molar-refractivity contribution in [1.29, 1.82) is 0 Å². The smallest absolute Gasteiger partial charge is 0.411 e.